The summed E-state index contributed by atoms with van der Waals surface area (Å²) >= 11 is 5.93. The lowest BCUT2D eigenvalue weighted by atomic mass is 10.2. The standard InChI is InChI=1S/C13H14ClN3O2/c1-17-7-6-16-11(17)5-8-19-13(18)12-9(14)3-2-4-10(12)15/h2-4,6-7H,5,8,15H2,1H3. The first-order chi connectivity index (χ1) is 9.09. The normalized spacial score (nSPS) is 10.4. The maximum atomic E-state index is 11.9. The van der Waals surface area contributed by atoms with Gasteiger partial charge in [0.15, 0.2) is 0 Å². The first-order valence-electron chi connectivity index (χ1n) is 5.77. The van der Waals surface area contributed by atoms with Crippen molar-refractivity contribution in [2.24, 2.45) is 7.05 Å². The molecular weight excluding hydrogens is 266 g/mol. The van der Waals surface area contributed by atoms with Crippen molar-refractivity contribution in [1.82, 2.24) is 9.55 Å². The van der Waals surface area contributed by atoms with Gasteiger partial charge in [0.1, 0.15) is 11.4 Å². The number of halogens is 1. The van der Waals surface area contributed by atoms with Gasteiger partial charge in [0.25, 0.3) is 0 Å². The van der Waals surface area contributed by atoms with Crippen LogP contribution >= 0.6 is 11.6 Å². The molecule has 6 heteroatoms. The molecule has 0 spiro atoms. The lowest BCUT2D eigenvalue weighted by Gasteiger charge is -2.08. The molecule has 1 aromatic heterocycles. The van der Waals surface area contributed by atoms with Crippen molar-refractivity contribution in [2.75, 3.05) is 12.3 Å². The molecule has 1 aromatic carbocycles. The third-order valence-electron chi connectivity index (χ3n) is 2.73. The van der Waals surface area contributed by atoms with E-state index in [9.17, 15) is 4.79 Å². The molecule has 0 fully saturated rings. The van der Waals surface area contributed by atoms with Gasteiger partial charge < -0.3 is 15.0 Å². The number of ether oxygens (including phenoxy) is 1. The minimum Gasteiger partial charge on any atom is -0.462 e. The first kappa shape index (κ1) is 13.4. The molecule has 2 aromatic rings. The summed E-state index contributed by atoms with van der Waals surface area (Å²) in [6.45, 7) is 0.231. The van der Waals surface area contributed by atoms with Gasteiger partial charge in [0.2, 0.25) is 0 Å². The summed E-state index contributed by atoms with van der Waals surface area (Å²) in [5.41, 5.74) is 6.24. The van der Waals surface area contributed by atoms with Crippen molar-refractivity contribution >= 4 is 23.3 Å². The molecule has 0 saturated carbocycles. The van der Waals surface area contributed by atoms with Gasteiger partial charge in [-0.3, -0.25) is 0 Å². The molecule has 0 amide bonds. The summed E-state index contributed by atoms with van der Waals surface area (Å²) in [5.74, 6) is 0.331. The summed E-state index contributed by atoms with van der Waals surface area (Å²) in [4.78, 5) is 16.0. The largest absolute Gasteiger partial charge is 0.462 e. The van der Waals surface area contributed by atoms with E-state index >= 15 is 0 Å². The highest BCUT2D eigenvalue weighted by molar-refractivity contribution is 6.34. The van der Waals surface area contributed by atoms with Gasteiger partial charge in [0, 0.05) is 31.5 Å². The number of benzene rings is 1. The van der Waals surface area contributed by atoms with Crippen molar-refractivity contribution in [3.8, 4) is 0 Å². The van der Waals surface area contributed by atoms with Gasteiger partial charge in [-0.25, -0.2) is 9.78 Å². The van der Waals surface area contributed by atoms with Crippen molar-refractivity contribution < 1.29 is 9.53 Å². The Labute approximate surface area is 116 Å². The van der Waals surface area contributed by atoms with E-state index in [-0.39, 0.29) is 12.2 Å². The fourth-order valence-corrected chi connectivity index (χ4v) is 1.96. The number of aryl methyl sites for hydroxylation is 1. The number of anilines is 1. The molecule has 0 saturated heterocycles. The third-order valence-corrected chi connectivity index (χ3v) is 3.04. The van der Waals surface area contributed by atoms with Gasteiger partial charge in [-0.05, 0) is 12.1 Å². The minimum atomic E-state index is -0.516. The summed E-state index contributed by atoms with van der Waals surface area (Å²) in [5, 5.41) is 0.294. The number of esters is 1. The van der Waals surface area contributed by atoms with Crippen molar-refractivity contribution in [2.45, 2.75) is 6.42 Å². The van der Waals surface area contributed by atoms with Crippen LogP contribution in [0.5, 0.6) is 0 Å². The zero-order chi connectivity index (χ0) is 13.8. The Bertz CT molecular complexity index is 575. The van der Waals surface area contributed by atoms with Crippen LogP contribution in [0.4, 0.5) is 5.69 Å². The molecular formula is C13H14ClN3O2. The Hall–Kier alpha value is -2.01. The Morgan fingerprint density at radius 3 is 2.95 bits per heavy atom. The zero-order valence-corrected chi connectivity index (χ0v) is 11.2. The number of nitrogen functional groups attached to an aromatic ring is 1. The monoisotopic (exact) mass is 279 g/mol. The van der Waals surface area contributed by atoms with Gasteiger partial charge in [0.05, 0.1) is 11.6 Å². The molecule has 0 unspecified atom stereocenters. The van der Waals surface area contributed by atoms with Crippen molar-refractivity contribution in [1.29, 1.82) is 0 Å². The second kappa shape index (κ2) is 5.75. The number of nitrogens with zero attached hydrogens (tertiary/aromatic N) is 2. The number of nitrogens with two attached hydrogens (primary N) is 1. The number of imidazole rings is 1. The smallest absolute Gasteiger partial charge is 0.341 e. The highest BCUT2D eigenvalue weighted by atomic mass is 35.5. The molecule has 0 aliphatic rings. The number of hydrogen-bond donors (Lipinski definition) is 1. The number of hydrogen-bond acceptors (Lipinski definition) is 4. The van der Waals surface area contributed by atoms with E-state index in [4.69, 9.17) is 22.1 Å². The van der Waals surface area contributed by atoms with E-state index in [1.807, 2.05) is 17.8 Å². The van der Waals surface area contributed by atoms with E-state index in [0.717, 1.165) is 5.82 Å². The number of carbonyl (C=O) groups excluding carboxylic acids is 1. The summed E-state index contributed by atoms with van der Waals surface area (Å²) in [6, 6.07) is 4.90. The minimum absolute atomic E-state index is 0.212. The van der Waals surface area contributed by atoms with Gasteiger partial charge in [-0.15, -0.1) is 0 Å². The van der Waals surface area contributed by atoms with E-state index in [1.54, 1.807) is 24.4 Å². The van der Waals surface area contributed by atoms with Crippen LogP contribution in [0.2, 0.25) is 5.02 Å². The van der Waals surface area contributed by atoms with Crippen LogP contribution in [0.1, 0.15) is 16.2 Å². The van der Waals surface area contributed by atoms with Crippen LogP contribution in [-0.4, -0.2) is 22.1 Å². The van der Waals surface area contributed by atoms with Crippen LogP contribution < -0.4 is 5.73 Å². The van der Waals surface area contributed by atoms with E-state index in [2.05, 4.69) is 4.98 Å². The highest BCUT2D eigenvalue weighted by Crippen LogP contribution is 2.22. The van der Waals surface area contributed by atoms with Crippen LogP contribution in [0.25, 0.3) is 0 Å². The Morgan fingerprint density at radius 1 is 1.53 bits per heavy atom. The van der Waals surface area contributed by atoms with E-state index in [0.29, 0.717) is 17.1 Å². The molecule has 0 aliphatic heterocycles. The van der Waals surface area contributed by atoms with E-state index in [1.165, 1.54) is 0 Å². The fourth-order valence-electron chi connectivity index (χ4n) is 1.70. The summed E-state index contributed by atoms with van der Waals surface area (Å²) in [6.07, 6.45) is 4.08. The maximum absolute atomic E-state index is 11.9. The van der Waals surface area contributed by atoms with Gasteiger partial charge in [-0.1, -0.05) is 17.7 Å². The molecule has 5 nitrogen and oxygen atoms in total. The highest BCUT2D eigenvalue weighted by Gasteiger charge is 2.15. The van der Waals surface area contributed by atoms with E-state index < -0.39 is 5.97 Å². The zero-order valence-electron chi connectivity index (χ0n) is 10.5. The third kappa shape index (κ3) is 3.06. The lowest BCUT2D eigenvalue weighted by Crippen LogP contribution is -2.12. The predicted molar refractivity (Wildman–Crippen MR) is 73.1 cm³/mol. The van der Waals surface area contributed by atoms with Crippen LogP contribution in [-0.2, 0) is 18.2 Å². The van der Waals surface area contributed by atoms with Gasteiger partial charge in [-0.2, -0.15) is 0 Å². The van der Waals surface area contributed by atoms with Crippen LogP contribution in [0, 0.1) is 0 Å². The molecule has 1 heterocycles. The molecule has 0 bridgehead atoms. The van der Waals surface area contributed by atoms with Gasteiger partial charge >= 0.3 is 5.97 Å². The summed E-state index contributed by atoms with van der Waals surface area (Å²) in [7, 11) is 1.89. The molecule has 100 valence electrons. The topological polar surface area (TPSA) is 70.1 Å². The number of carbonyl (C=O) groups is 1. The number of aromatic nitrogens is 2. The molecule has 2 rings (SSSR count). The van der Waals surface area contributed by atoms with Crippen LogP contribution in [0.15, 0.2) is 30.6 Å². The molecule has 19 heavy (non-hydrogen) atoms. The second-order valence-electron chi connectivity index (χ2n) is 4.04. The summed E-state index contributed by atoms with van der Waals surface area (Å²) < 4.78 is 7.03. The average molecular weight is 280 g/mol. The number of rotatable bonds is 4. The Morgan fingerprint density at radius 2 is 2.32 bits per heavy atom. The Balaban J connectivity index is 1.97. The first-order valence-corrected chi connectivity index (χ1v) is 6.14. The lowest BCUT2D eigenvalue weighted by molar-refractivity contribution is 0.0508. The Kier molecular flexibility index (Phi) is 4.06. The second-order valence-corrected chi connectivity index (χ2v) is 4.45. The molecule has 0 radical (unpaired) electrons. The molecule has 2 N–H and O–H groups in total. The predicted octanol–water partition coefficient (Wildman–Crippen LogP) is 2.06. The maximum Gasteiger partial charge on any atom is 0.341 e. The quantitative estimate of drug-likeness (QED) is 0.687. The fraction of sp³-hybridized carbons (Fsp3) is 0.231. The van der Waals surface area contributed by atoms with Crippen molar-refractivity contribution in [3.05, 3.63) is 47.0 Å². The molecule has 0 aliphatic carbocycles. The van der Waals surface area contributed by atoms with Crippen LogP contribution in [0.3, 0.4) is 0 Å². The SMILES string of the molecule is Cn1ccnc1CCOC(=O)c1c(N)cccc1Cl. The molecule has 0 atom stereocenters. The van der Waals surface area contributed by atoms with Crippen molar-refractivity contribution in [3.63, 3.8) is 0 Å². The average Bonchev–Trinajstić information content (AvgIpc) is 2.75.